The van der Waals surface area contributed by atoms with E-state index in [0.717, 1.165) is 49.9 Å². The molecule has 0 radical (unpaired) electrons. The number of epoxide rings is 1. The van der Waals surface area contributed by atoms with Gasteiger partial charge < -0.3 is 18.8 Å². The van der Waals surface area contributed by atoms with Crippen molar-refractivity contribution < 1.29 is 27.4 Å². The lowest BCUT2D eigenvalue weighted by molar-refractivity contribution is -0.137. The lowest BCUT2D eigenvalue weighted by Gasteiger charge is -2.29. The smallest absolute Gasteiger partial charge is 0.416 e. The number of aromatic nitrogens is 3. The van der Waals surface area contributed by atoms with E-state index in [4.69, 9.17) is 9.47 Å². The quantitative estimate of drug-likeness (QED) is 0.538. The average Bonchev–Trinajstić information content (AvgIpc) is 3.43. The number of carbonyl (C=O) groups excluding carboxylic acids is 1. The third kappa shape index (κ3) is 4.01. The van der Waals surface area contributed by atoms with Gasteiger partial charge >= 0.3 is 6.18 Å². The zero-order valence-corrected chi connectivity index (χ0v) is 16.0. The maximum Gasteiger partial charge on any atom is 0.416 e. The van der Waals surface area contributed by atoms with Gasteiger partial charge in [-0.2, -0.15) is 13.2 Å². The van der Waals surface area contributed by atoms with E-state index in [-0.39, 0.29) is 24.2 Å². The maximum absolute atomic E-state index is 12.8. The van der Waals surface area contributed by atoms with Crippen LogP contribution in [0.5, 0.6) is 5.75 Å². The molecule has 9 heteroatoms. The SMILES string of the molecule is Cn1c(COc2cccc(C(F)(F)F)c2)nnc1[C@H]1CC[C@H](C2(C=O)CO2)CC1. The van der Waals surface area contributed by atoms with Gasteiger partial charge in [0, 0.05) is 13.0 Å². The van der Waals surface area contributed by atoms with Crippen molar-refractivity contribution in [1.29, 1.82) is 0 Å². The molecule has 1 aliphatic heterocycles. The van der Waals surface area contributed by atoms with Crippen LogP contribution in [0.25, 0.3) is 0 Å². The number of carbonyl (C=O) groups is 1. The van der Waals surface area contributed by atoms with E-state index in [1.807, 2.05) is 11.6 Å². The van der Waals surface area contributed by atoms with Gasteiger partial charge in [-0.05, 0) is 49.8 Å². The van der Waals surface area contributed by atoms with E-state index in [2.05, 4.69) is 10.2 Å². The van der Waals surface area contributed by atoms with E-state index in [1.54, 1.807) is 0 Å². The van der Waals surface area contributed by atoms with E-state index >= 15 is 0 Å². The van der Waals surface area contributed by atoms with Crippen molar-refractivity contribution in [1.82, 2.24) is 14.8 Å². The molecule has 0 spiro atoms. The molecule has 1 aromatic carbocycles. The lowest BCUT2D eigenvalue weighted by Crippen LogP contribution is -2.30. The zero-order valence-electron chi connectivity index (χ0n) is 16.0. The first-order valence-corrected chi connectivity index (χ1v) is 9.61. The summed E-state index contributed by atoms with van der Waals surface area (Å²) in [6.45, 7) is 0.551. The van der Waals surface area contributed by atoms with Gasteiger partial charge in [0.05, 0.1) is 12.2 Å². The standard InChI is InChI=1S/C20H22F3N3O3/c1-26-17(10-28-16-4-2-3-15(9-16)20(21,22)23)24-25-18(26)13-5-7-14(8-6-13)19(11-27)12-29-19/h2-4,9,11,13-14H,5-8,10,12H2,1H3/t13-,14-,19?. The topological polar surface area (TPSA) is 69.5 Å². The average molecular weight is 409 g/mol. The van der Waals surface area contributed by atoms with Crippen LogP contribution in [0.2, 0.25) is 0 Å². The second-order valence-corrected chi connectivity index (χ2v) is 7.76. The highest BCUT2D eigenvalue weighted by Crippen LogP contribution is 2.45. The molecule has 1 saturated heterocycles. The van der Waals surface area contributed by atoms with Crippen LogP contribution in [0.15, 0.2) is 24.3 Å². The molecule has 0 N–H and O–H groups in total. The number of halogens is 3. The minimum absolute atomic E-state index is 0.0300. The molecule has 0 amide bonds. The van der Waals surface area contributed by atoms with E-state index in [0.29, 0.717) is 12.4 Å². The predicted octanol–water partition coefficient (Wildman–Crippen LogP) is 3.65. The number of hydrogen-bond acceptors (Lipinski definition) is 5. The third-order valence-electron chi connectivity index (χ3n) is 5.99. The summed E-state index contributed by atoms with van der Waals surface area (Å²) in [7, 11) is 1.84. The molecule has 156 valence electrons. The summed E-state index contributed by atoms with van der Waals surface area (Å²) in [5.74, 6) is 2.01. The zero-order chi connectivity index (χ0) is 20.6. The Labute approximate surface area is 166 Å². The summed E-state index contributed by atoms with van der Waals surface area (Å²) in [5, 5.41) is 8.44. The largest absolute Gasteiger partial charge is 0.486 e. The van der Waals surface area contributed by atoms with E-state index < -0.39 is 17.3 Å². The molecule has 4 rings (SSSR count). The van der Waals surface area contributed by atoms with Crippen LogP contribution in [0.4, 0.5) is 13.2 Å². The molecule has 2 heterocycles. The van der Waals surface area contributed by atoms with Gasteiger partial charge in [0.15, 0.2) is 12.1 Å². The van der Waals surface area contributed by atoms with Crippen LogP contribution in [-0.4, -0.2) is 33.3 Å². The Balaban J connectivity index is 1.38. The summed E-state index contributed by atoms with van der Waals surface area (Å²) in [5.41, 5.74) is -1.31. The number of alkyl halides is 3. The van der Waals surface area contributed by atoms with Crippen LogP contribution in [0.1, 0.15) is 48.8 Å². The number of ether oxygens (including phenoxy) is 2. The molecule has 6 nitrogen and oxygen atoms in total. The Morgan fingerprint density at radius 1 is 1.28 bits per heavy atom. The molecular formula is C20H22F3N3O3. The van der Waals surface area contributed by atoms with Gasteiger partial charge in [-0.1, -0.05) is 6.07 Å². The number of hydrogen-bond donors (Lipinski definition) is 0. The fraction of sp³-hybridized carbons (Fsp3) is 0.550. The van der Waals surface area contributed by atoms with Gasteiger partial charge in [-0.25, -0.2) is 0 Å². The molecular weight excluding hydrogens is 387 g/mol. The highest BCUT2D eigenvalue weighted by molar-refractivity contribution is 5.67. The van der Waals surface area contributed by atoms with E-state index in [9.17, 15) is 18.0 Å². The maximum atomic E-state index is 12.8. The lowest BCUT2D eigenvalue weighted by atomic mass is 9.76. The first kappa shape index (κ1) is 19.9. The van der Waals surface area contributed by atoms with Crippen LogP contribution >= 0.6 is 0 Å². The Morgan fingerprint density at radius 3 is 2.62 bits per heavy atom. The monoisotopic (exact) mass is 409 g/mol. The van der Waals surface area contributed by atoms with Crippen molar-refractivity contribution in [3.63, 3.8) is 0 Å². The molecule has 1 aliphatic carbocycles. The number of benzene rings is 1. The number of nitrogens with zero attached hydrogens (tertiary/aromatic N) is 3. The van der Waals surface area contributed by atoms with Crippen LogP contribution in [0.3, 0.4) is 0 Å². The summed E-state index contributed by atoms with van der Waals surface area (Å²) in [6, 6.07) is 4.78. The minimum Gasteiger partial charge on any atom is -0.486 e. The van der Waals surface area contributed by atoms with Crippen molar-refractivity contribution in [3.8, 4) is 5.75 Å². The highest BCUT2D eigenvalue weighted by atomic mass is 19.4. The van der Waals surface area contributed by atoms with Gasteiger partial charge in [-0.3, -0.25) is 0 Å². The Bertz CT molecular complexity index is 885. The third-order valence-corrected chi connectivity index (χ3v) is 5.99. The molecule has 2 fully saturated rings. The second kappa shape index (κ2) is 7.44. The Morgan fingerprint density at radius 2 is 2.00 bits per heavy atom. The summed E-state index contributed by atoms with van der Waals surface area (Å²) in [4.78, 5) is 11.2. The summed E-state index contributed by atoms with van der Waals surface area (Å²) in [6.07, 6.45) is 0.0977. The summed E-state index contributed by atoms with van der Waals surface area (Å²) >= 11 is 0. The molecule has 29 heavy (non-hydrogen) atoms. The predicted molar refractivity (Wildman–Crippen MR) is 96.2 cm³/mol. The summed E-state index contributed by atoms with van der Waals surface area (Å²) < 4.78 is 51.2. The van der Waals surface area contributed by atoms with Gasteiger partial charge in [0.25, 0.3) is 0 Å². The van der Waals surface area contributed by atoms with Gasteiger partial charge in [0.1, 0.15) is 23.8 Å². The molecule has 2 aromatic rings. The normalized spacial score (nSPS) is 26.9. The molecule has 1 saturated carbocycles. The molecule has 1 aromatic heterocycles. The van der Waals surface area contributed by atoms with E-state index in [1.165, 1.54) is 12.1 Å². The number of aldehydes is 1. The first-order valence-electron chi connectivity index (χ1n) is 9.61. The number of rotatable bonds is 6. The minimum atomic E-state index is -4.41. The van der Waals surface area contributed by atoms with Crippen LogP contribution in [-0.2, 0) is 29.4 Å². The fourth-order valence-electron chi connectivity index (χ4n) is 4.09. The molecule has 0 bridgehead atoms. The molecule has 2 aliphatic rings. The van der Waals surface area contributed by atoms with Crippen molar-refractivity contribution >= 4 is 6.29 Å². The fourth-order valence-corrected chi connectivity index (χ4v) is 4.09. The molecule has 1 atom stereocenters. The van der Waals surface area contributed by atoms with Crippen molar-refractivity contribution in [3.05, 3.63) is 41.5 Å². The Kier molecular flexibility index (Phi) is 5.10. The van der Waals surface area contributed by atoms with Gasteiger partial charge in [0.2, 0.25) is 0 Å². The first-order chi connectivity index (χ1) is 13.8. The van der Waals surface area contributed by atoms with Crippen LogP contribution in [0, 0.1) is 5.92 Å². The highest BCUT2D eigenvalue weighted by Gasteiger charge is 2.52. The van der Waals surface area contributed by atoms with Crippen LogP contribution < -0.4 is 4.74 Å². The van der Waals surface area contributed by atoms with Gasteiger partial charge in [-0.15, -0.1) is 10.2 Å². The van der Waals surface area contributed by atoms with Crippen molar-refractivity contribution in [2.24, 2.45) is 13.0 Å². The second-order valence-electron chi connectivity index (χ2n) is 7.76. The van der Waals surface area contributed by atoms with Crippen molar-refractivity contribution in [2.45, 2.75) is 50.0 Å². The Hall–Kier alpha value is -2.42. The molecule has 1 unspecified atom stereocenters. The van der Waals surface area contributed by atoms with Crippen molar-refractivity contribution in [2.75, 3.05) is 6.61 Å².